The average molecular weight is 475 g/mol. The number of ketones is 1. The first-order valence-corrected chi connectivity index (χ1v) is 13.1. The Balaban J connectivity index is 1.48. The van der Waals surface area contributed by atoms with Gasteiger partial charge in [0.2, 0.25) is 10.0 Å². The Kier molecular flexibility index (Phi) is 7.73. The smallest absolute Gasteiger partial charge is 0.243 e. The van der Waals surface area contributed by atoms with Gasteiger partial charge in [0.15, 0.2) is 5.78 Å². The average Bonchev–Trinajstić information content (AvgIpc) is 2.89. The highest BCUT2D eigenvalue weighted by molar-refractivity contribution is 7.89. The van der Waals surface area contributed by atoms with E-state index in [0.29, 0.717) is 32.6 Å². The van der Waals surface area contributed by atoms with Crippen LogP contribution in [0, 0.1) is 0 Å². The summed E-state index contributed by atoms with van der Waals surface area (Å²) in [4.78, 5) is 14.1. The van der Waals surface area contributed by atoms with Gasteiger partial charge in [0.25, 0.3) is 0 Å². The molecule has 34 heavy (non-hydrogen) atoms. The number of hydrogen-bond donors (Lipinski definition) is 0. The van der Waals surface area contributed by atoms with Gasteiger partial charge in [0.1, 0.15) is 0 Å². The molecule has 0 bridgehead atoms. The van der Waals surface area contributed by atoms with Gasteiger partial charge in [-0.1, -0.05) is 85.8 Å². The molecular weight excluding hydrogens is 444 g/mol. The first-order valence-electron chi connectivity index (χ1n) is 11.6. The zero-order valence-corrected chi connectivity index (χ0v) is 20.2. The van der Waals surface area contributed by atoms with E-state index in [1.807, 2.05) is 43.3 Å². The summed E-state index contributed by atoms with van der Waals surface area (Å²) in [5.74, 6) is 0.0406. The van der Waals surface area contributed by atoms with Crippen LogP contribution in [0.3, 0.4) is 0 Å². The molecule has 1 aliphatic rings. The number of piperazine rings is 1. The van der Waals surface area contributed by atoms with Crippen LogP contribution in [0.2, 0.25) is 0 Å². The molecule has 0 spiro atoms. The van der Waals surface area contributed by atoms with Crippen LogP contribution in [0.25, 0.3) is 6.08 Å². The van der Waals surface area contributed by atoms with Gasteiger partial charge in [0, 0.05) is 32.6 Å². The summed E-state index contributed by atoms with van der Waals surface area (Å²) in [6, 6.07) is 27.5. The van der Waals surface area contributed by atoms with Crippen LogP contribution < -0.4 is 0 Å². The van der Waals surface area contributed by atoms with Crippen molar-refractivity contribution >= 4 is 21.9 Å². The minimum Gasteiger partial charge on any atom is -0.295 e. The molecule has 6 heteroatoms. The number of carbonyl (C=O) groups is 1. The van der Waals surface area contributed by atoms with Crippen molar-refractivity contribution in [1.82, 2.24) is 9.21 Å². The second-order valence-corrected chi connectivity index (χ2v) is 10.3. The fourth-order valence-electron chi connectivity index (χ4n) is 4.29. The standard InChI is InChI=1S/C28H30N2O3S/c1-2-26(31)16-13-23-14-17-27(18-15-23)34(32,33)30-21-19-29(20-22-30)28(24-9-5-3-6-10-24)25-11-7-4-8-12-25/h3-18,28H,2,19-22H2,1H3/b16-13+. The summed E-state index contributed by atoms with van der Waals surface area (Å²) in [5.41, 5.74) is 3.21. The largest absolute Gasteiger partial charge is 0.295 e. The van der Waals surface area contributed by atoms with E-state index in [2.05, 4.69) is 29.2 Å². The Morgan fingerprint density at radius 3 is 1.85 bits per heavy atom. The van der Waals surface area contributed by atoms with Crippen molar-refractivity contribution < 1.29 is 13.2 Å². The van der Waals surface area contributed by atoms with Crippen LogP contribution in [0.15, 0.2) is 95.9 Å². The molecule has 0 aromatic heterocycles. The summed E-state index contributed by atoms with van der Waals surface area (Å²) >= 11 is 0. The SMILES string of the molecule is CCC(=O)/C=C/c1ccc(S(=O)(=O)N2CCN(C(c3ccccc3)c3ccccc3)CC2)cc1. The van der Waals surface area contributed by atoms with Crippen molar-refractivity contribution in [2.45, 2.75) is 24.3 Å². The highest BCUT2D eigenvalue weighted by Crippen LogP contribution is 2.30. The third-order valence-electron chi connectivity index (χ3n) is 6.20. The molecule has 1 fully saturated rings. The van der Waals surface area contributed by atoms with Crippen LogP contribution in [-0.4, -0.2) is 49.6 Å². The number of allylic oxidation sites excluding steroid dienone is 1. The van der Waals surface area contributed by atoms with E-state index in [-0.39, 0.29) is 16.7 Å². The zero-order valence-electron chi connectivity index (χ0n) is 19.4. The van der Waals surface area contributed by atoms with Gasteiger partial charge < -0.3 is 0 Å². The molecule has 0 unspecified atom stereocenters. The van der Waals surface area contributed by atoms with Gasteiger partial charge in [-0.3, -0.25) is 9.69 Å². The van der Waals surface area contributed by atoms with Crippen molar-refractivity contribution in [2.24, 2.45) is 0 Å². The Bertz CT molecular complexity index is 1180. The molecule has 1 aliphatic heterocycles. The Labute approximate surface area is 202 Å². The van der Waals surface area contributed by atoms with Crippen molar-refractivity contribution in [3.8, 4) is 0 Å². The maximum atomic E-state index is 13.3. The van der Waals surface area contributed by atoms with E-state index in [4.69, 9.17) is 0 Å². The van der Waals surface area contributed by atoms with E-state index in [1.54, 1.807) is 34.6 Å². The van der Waals surface area contributed by atoms with E-state index in [9.17, 15) is 13.2 Å². The molecule has 5 nitrogen and oxygen atoms in total. The zero-order chi connectivity index (χ0) is 24.0. The molecular formula is C28H30N2O3S. The molecule has 0 radical (unpaired) electrons. The molecule has 0 amide bonds. The lowest BCUT2D eigenvalue weighted by atomic mass is 9.96. The van der Waals surface area contributed by atoms with Crippen molar-refractivity contribution in [3.63, 3.8) is 0 Å². The van der Waals surface area contributed by atoms with E-state index >= 15 is 0 Å². The number of carbonyl (C=O) groups excluding carboxylic acids is 1. The minimum atomic E-state index is -3.58. The molecule has 176 valence electrons. The second kappa shape index (κ2) is 10.9. The van der Waals surface area contributed by atoms with Gasteiger partial charge in [-0.15, -0.1) is 0 Å². The van der Waals surface area contributed by atoms with Crippen LogP contribution in [-0.2, 0) is 14.8 Å². The van der Waals surface area contributed by atoms with Gasteiger partial charge in [-0.2, -0.15) is 4.31 Å². The van der Waals surface area contributed by atoms with E-state index in [0.717, 1.165) is 5.56 Å². The predicted molar refractivity (Wildman–Crippen MR) is 136 cm³/mol. The molecule has 1 saturated heterocycles. The van der Waals surface area contributed by atoms with Gasteiger partial charge in [-0.05, 0) is 34.9 Å². The second-order valence-electron chi connectivity index (χ2n) is 8.39. The number of benzene rings is 3. The van der Waals surface area contributed by atoms with Gasteiger partial charge >= 0.3 is 0 Å². The fourth-order valence-corrected chi connectivity index (χ4v) is 5.72. The summed E-state index contributed by atoms with van der Waals surface area (Å²) in [6.07, 6.45) is 3.69. The first-order chi connectivity index (χ1) is 16.5. The lowest BCUT2D eigenvalue weighted by Gasteiger charge is -2.39. The van der Waals surface area contributed by atoms with Gasteiger partial charge in [0.05, 0.1) is 10.9 Å². The number of nitrogens with zero attached hydrogens (tertiary/aromatic N) is 2. The van der Waals surface area contributed by atoms with Crippen LogP contribution >= 0.6 is 0 Å². The van der Waals surface area contributed by atoms with E-state index < -0.39 is 10.0 Å². The summed E-state index contributed by atoms with van der Waals surface area (Å²) in [7, 11) is -3.58. The van der Waals surface area contributed by atoms with Crippen molar-refractivity contribution in [2.75, 3.05) is 26.2 Å². The van der Waals surface area contributed by atoms with E-state index in [1.165, 1.54) is 17.2 Å². The summed E-state index contributed by atoms with van der Waals surface area (Å²) in [6.45, 7) is 3.97. The monoisotopic (exact) mass is 474 g/mol. The molecule has 0 saturated carbocycles. The van der Waals surface area contributed by atoms with Crippen LogP contribution in [0.5, 0.6) is 0 Å². The molecule has 0 N–H and O–H groups in total. The molecule has 1 heterocycles. The quantitative estimate of drug-likeness (QED) is 0.441. The molecule has 3 aromatic rings. The first kappa shape index (κ1) is 24.1. The number of hydrogen-bond acceptors (Lipinski definition) is 4. The lowest BCUT2D eigenvalue weighted by molar-refractivity contribution is -0.114. The highest BCUT2D eigenvalue weighted by Gasteiger charge is 2.32. The third-order valence-corrected chi connectivity index (χ3v) is 8.11. The predicted octanol–water partition coefficient (Wildman–Crippen LogP) is 4.77. The van der Waals surface area contributed by atoms with Crippen LogP contribution in [0.4, 0.5) is 0 Å². The maximum Gasteiger partial charge on any atom is 0.243 e. The number of rotatable bonds is 8. The Hall–Kier alpha value is -3.06. The number of sulfonamides is 1. The van der Waals surface area contributed by atoms with Crippen molar-refractivity contribution in [1.29, 1.82) is 0 Å². The Morgan fingerprint density at radius 1 is 0.824 bits per heavy atom. The molecule has 4 rings (SSSR count). The minimum absolute atomic E-state index is 0.0406. The normalized spacial score (nSPS) is 15.7. The van der Waals surface area contributed by atoms with Gasteiger partial charge in [-0.25, -0.2) is 8.42 Å². The van der Waals surface area contributed by atoms with Crippen LogP contribution in [0.1, 0.15) is 36.1 Å². The summed E-state index contributed by atoms with van der Waals surface area (Å²) in [5, 5.41) is 0. The fraction of sp³-hybridized carbons (Fsp3) is 0.250. The summed E-state index contributed by atoms with van der Waals surface area (Å²) < 4.78 is 28.1. The highest BCUT2D eigenvalue weighted by atomic mass is 32.2. The topological polar surface area (TPSA) is 57.7 Å². The lowest BCUT2D eigenvalue weighted by Crippen LogP contribution is -2.49. The molecule has 0 aliphatic carbocycles. The maximum absolute atomic E-state index is 13.3. The molecule has 3 aromatic carbocycles. The van der Waals surface area contributed by atoms with Crippen molar-refractivity contribution in [3.05, 3.63) is 108 Å². The third kappa shape index (κ3) is 5.53. The Morgan fingerprint density at radius 2 is 1.35 bits per heavy atom. The molecule has 0 atom stereocenters.